The van der Waals surface area contributed by atoms with Gasteiger partial charge in [-0.2, -0.15) is 9.78 Å². The molecule has 0 bridgehead atoms. The average Bonchev–Trinajstić information content (AvgIpc) is 3.29. The Morgan fingerprint density at radius 1 is 1.00 bits per heavy atom. The Morgan fingerprint density at radius 2 is 1.76 bits per heavy atom. The van der Waals surface area contributed by atoms with Crippen molar-refractivity contribution in [3.8, 4) is 17.2 Å². The molecule has 37 heavy (non-hydrogen) atoms. The number of fused-ring (bicyclic) bond motifs is 1. The zero-order valence-corrected chi connectivity index (χ0v) is 21.8. The zero-order valence-electron chi connectivity index (χ0n) is 21.0. The fraction of sp³-hybridized carbons (Fsp3) is 0.259. The fourth-order valence-corrected chi connectivity index (χ4v) is 4.73. The molecule has 2 heterocycles. The second-order valence-corrected chi connectivity index (χ2v) is 8.84. The lowest BCUT2D eigenvalue weighted by Crippen LogP contribution is -2.25. The Bertz CT molecular complexity index is 1520. The van der Waals surface area contributed by atoms with Gasteiger partial charge in [0.25, 0.3) is 11.5 Å². The van der Waals surface area contributed by atoms with E-state index in [1.807, 2.05) is 26.8 Å². The highest BCUT2D eigenvalue weighted by atomic mass is 32.1. The molecule has 1 N–H and O–H groups in total. The number of thiophene rings is 1. The van der Waals surface area contributed by atoms with Crippen LogP contribution in [-0.2, 0) is 4.74 Å². The maximum atomic E-state index is 13.6. The largest absolute Gasteiger partial charge is 0.490 e. The monoisotopic (exact) mass is 521 g/mol. The van der Waals surface area contributed by atoms with E-state index < -0.39 is 17.4 Å². The van der Waals surface area contributed by atoms with Crippen LogP contribution >= 0.6 is 11.3 Å². The van der Waals surface area contributed by atoms with Crippen LogP contribution in [0.3, 0.4) is 0 Å². The highest BCUT2D eigenvalue weighted by Gasteiger charge is 2.24. The third-order valence-electron chi connectivity index (χ3n) is 5.40. The summed E-state index contributed by atoms with van der Waals surface area (Å²) in [4.78, 5) is 39.5. The number of nitrogens with zero attached hydrogens (tertiary/aromatic N) is 2. The Hall–Kier alpha value is -4.18. The molecule has 1 amide bonds. The molecule has 0 aliphatic rings. The number of carbonyl (C=O) groups is 2. The van der Waals surface area contributed by atoms with E-state index in [9.17, 15) is 14.4 Å². The molecule has 0 aliphatic heterocycles. The third kappa shape index (κ3) is 5.34. The van der Waals surface area contributed by atoms with Crippen molar-refractivity contribution in [2.75, 3.05) is 25.1 Å². The first kappa shape index (κ1) is 25.9. The van der Waals surface area contributed by atoms with Crippen LogP contribution in [0, 0.1) is 6.92 Å². The minimum Gasteiger partial charge on any atom is -0.490 e. The summed E-state index contributed by atoms with van der Waals surface area (Å²) in [6, 6.07) is 12.1. The number of esters is 1. The lowest BCUT2D eigenvalue weighted by Gasteiger charge is -2.12. The van der Waals surface area contributed by atoms with Crippen LogP contribution in [0.1, 0.15) is 47.2 Å². The van der Waals surface area contributed by atoms with Gasteiger partial charge in [0.15, 0.2) is 17.2 Å². The molecule has 0 aliphatic carbocycles. The molecule has 0 saturated heterocycles. The molecule has 0 atom stereocenters. The highest BCUT2D eigenvalue weighted by molar-refractivity contribution is 7.16. The number of amides is 1. The number of hydrogen-bond donors (Lipinski definition) is 1. The van der Waals surface area contributed by atoms with Crippen molar-refractivity contribution in [3.63, 3.8) is 0 Å². The predicted octanol–water partition coefficient (Wildman–Crippen LogP) is 4.98. The standard InChI is InChI=1S/C27H27N3O6S/c1-5-34-20-12-11-17(14-21(20)35-6-2)24(31)28-25-22-19(15-37-25)23(27(33)36-7-3)29-30(26(22)32)18-10-8-9-16(4)13-18/h8-15H,5-7H2,1-4H3,(H,28,31). The van der Waals surface area contributed by atoms with Gasteiger partial charge in [-0.05, 0) is 63.6 Å². The molecule has 0 unspecified atom stereocenters. The number of aryl methyl sites for hydroxylation is 1. The molecule has 192 valence electrons. The van der Waals surface area contributed by atoms with E-state index in [1.54, 1.807) is 48.7 Å². The van der Waals surface area contributed by atoms with Crippen LogP contribution in [0.4, 0.5) is 5.00 Å². The SMILES string of the molecule is CCOC(=O)c1nn(-c2cccc(C)c2)c(=O)c2c(NC(=O)c3ccc(OCC)c(OCC)c3)scc12. The minimum atomic E-state index is -0.655. The van der Waals surface area contributed by atoms with Gasteiger partial charge in [-0.25, -0.2) is 4.79 Å². The van der Waals surface area contributed by atoms with E-state index in [2.05, 4.69) is 10.4 Å². The molecule has 0 fully saturated rings. The molecule has 4 aromatic rings. The maximum Gasteiger partial charge on any atom is 0.359 e. The number of hydrogen-bond acceptors (Lipinski definition) is 8. The van der Waals surface area contributed by atoms with Gasteiger partial charge >= 0.3 is 5.97 Å². The summed E-state index contributed by atoms with van der Waals surface area (Å²) in [5.74, 6) is -0.112. The van der Waals surface area contributed by atoms with Gasteiger partial charge in [-0.15, -0.1) is 11.3 Å². The maximum absolute atomic E-state index is 13.6. The van der Waals surface area contributed by atoms with E-state index in [0.717, 1.165) is 21.6 Å². The summed E-state index contributed by atoms with van der Waals surface area (Å²) in [6.45, 7) is 8.30. The molecule has 0 radical (unpaired) electrons. The van der Waals surface area contributed by atoms with Crippen LogP contribution in [0.5, 0.6) is 11.5 Å². The Labute approximate surface area is 217 Å². The van der Waals surface area contributed by atoms with E-state index in [4.69, 9.17) is 14.2 Å². The van der Waals surface area contributed by atoms with Crippen molar-refractivity contribution < 1.29 is 23.8 Å². The van der Waals surface area contributed by atoms with Crippen molar-refractivity contribution in [2.24, 2.45) is 0 Å². The number of ether oxygens (including phenoxy) is 3. The van der Waals surface area contributed by atoms with Crippen LogP contribution in [-0.4, -0.2) is 41.5 Å². The Morgan fingerprint density at radius 3 is 2.46 bits per heavy atom. The molecule has 10 heteroatoms. The quantitative estimate of drug-likeness (QED) is 0.309. The minimum absolute atomic E-state index is 0.00518. The Kier molecular flexibility index (Phi) is 7.88. The molecule has 0 saturated carbocycles. The van der Waals surface area contributed by atoms with Crippen LogP contribution in [0.25, 0.3) is 16.5 Å². The van der Waals surface area contributed by atoms with Gasteiger partial charge in [0.05, 0.1) is 30.9 Å². The van der Waals surface area contributed by atoms with Crippen molar-refractivity contribution in [3.05, 3.63) is 75.0 Å². The molecule has 4 rings (SSSR count). The topological polar surface area (TPSA) is 109 Å². The summed E-state index contributed by atoms with van der Waals surface area (Å²) in [5, 5.41) is 9.56. The summed E-state index contributed by atoms with van der Waals surface area (Å²) < 4.78 is 17.6. The van der Waals surface area contributed by atoms with Crippen molar-refractivity contribution in [1.29, 1.82) is 0 Å². The first-order chi connectivity index (χ1) is 17.9. The van der Waals surface area contributed by atoms with Gasteiger partial charge in [0, 0.05) is 16.3 Å². The fourth-order valence-electron chi connectivity index (χ4n) is 3.79. The third-order valence-corrected chi connectivity index (χ3v) is 6.30. The molecule has 9 nitrogen and oxygen atoms in total. The second kappa shape index (κ2) is 11.3. The van der Waals surface area contributed by atoms with Gasteiger partial charge in [-0.1, -0.05) is 12.1 Å². The van der Waals surface area contributed by atoms with E-state index in [-0.39, 0.29) is 17.7 Å². The van der Waals surface area contributed by atoms with Gasteiger partial charge in [0.2, 0.25) is 0 Å². The van der Waals surface area contributed by atoms with E-state index >= 15 is 0 Å². The Balaban J connectivity index is 1.81. The number of rotatable bonds is 9. The highest BCUT2D eigenvalue weighted by Crippen LogP contribution is 2.32. The molecule has 2 aromatic heterocycles. The number of anilines is 1. The van der Waals surface area contributed by atoms with Crippen molar-refractivity contribution in [1.82, 2.24) is 9.78 Å². The van der Waals surface area contributed by atoms with Gasteiger partial charge in [0.1, 0.15) is 5.00 Å². The van der Waals surface area contributed by atoms with Crippen molar-refractivity contribution >= 4 is 39.0 Å². The molecule has 2 aromatic carbocycles. The number of aromatic nitrogens is 2. The second-order valence-electron chi connectivity index (χ2n) is 7.96. The smallest absolute Gasteiger partial charge is 0.359 e. The normalized spacial score (nSPS) is 10.8. The van der Waals surface area contributed by atoms with Crippen LogP contribution < -0.4 is 20.3 Å². The number of carbonyl (C=O) groups excluding carboxylic acids is 2. The first-order valence-corrected chi connectivity index (χ1v) is 12.8. The number of benzene rings is 2. The summed E-state index contributed by atoms with van der Waals surface area (Å²) in [5.41, 5.74) is 1.27. The van der Waals surface area contributed by atoms with Crippen molar-refractivity contribution in [2.45, 2.75) is 27.7 Å². The average molecular weight is 522 g/mol. The van der Waals surface area contributed by atoms with Gasteiger partial charge in [-0.3, -0.25) is 9.59 Å². The zero-order chi connectivity index (χ0) is 26.5. The van der Waals surface area contributed by atoms with Crippen LogP contribution in [0.15, 0.2) is 52.6 Å². The summed E-state index contributed by atoms with van der Waals surface area (Å²) in [6.07, 6.45) is 0. The molecular weight excluding hydrogens is 494 g/mol. The lowest BCUT2D eigenvalue weighted by molar-refractivity contribution is 0.0520. The summed E-state index contributed by atoms with van der Waals surface area (Å²) >= 11 is 1.13. The van der Waals surface area contributed by atoms with E-state index in [0.29, 0.717) is 46.4 Å². The predicted molar refractivity (Wildman–Crippen MR) is 143 cm³/mol. The van der Waals surface area contributed by atoms with E-state index in [1.165, 1.54) is 0 Å². The lowest BCUT2D eigenvalue weighted by atomic mass is 10.1. The first-order valence-electron chi connectivity index (χ1n) is 11.9. The molecule has 0 spiro atoms. The summed E-state index contributed by atoms with van der Waals surface area (Å²) in [7, 11) is 0. The number of nitrogens with one attached hydrogen (secondary N) is 1. The van der Waals surface area contributed by atoms with Gasteiger partial charge < -0.3 is 19.5 Å². The molecular formula is C27H27N3O6S. The van der Waals surface area contributed by atoms with Crippen LogP contribution in [0.2, 0.25) is 0 Å².